The maximum absolute atomic E-state index is 2.51. The Morgan fingerprint density at radius 2 is 1.23 bits per heavy atom. The van der Waals surface area contributed by atoms with Gasteiger partial charge in [0.05, 0.1) is 0 Å². The summed E-state index contributed by atoms with van der Waals surface area (Å²) in [5.41, 5.74) is 10.7. The van der Waals surface area contributed by atoms with Gasteiger partial charge in [-0.15, -0.1) is 0 Å². The van der Waals surface area contributed by atoms with E-state index in [9.17, 15) is 0 Å². The van der Waals surface area contributed by atoms with Crippen LogP contribution in [0, 0.1) is 0 Å². The lowest BCUT2D eigenvalue weighted by molar-refractivity contribution is 1.29. The van der Waals surface area contributed by atoms with Gasteiger partial charge in [-0.25, -0.2) is 0 Å². The first-order chi connectivity index (χ1) is 17.1. The van der Waals surface area contributed by atoms with E-state index in [1.807, 2.05) is 0 Å². The van der Waals surface area contributed by atoms with Gasteiger partial charge in [0.15, 0.2) is 0 Å². The summed E-state index contributed by atoms with van der Waals surface area (Å²) in [6.07, 6.45) is 0. The monoisotopic (exact) mass is 463 g/mol. The molecule has 166 valence electrons. The van der Waals surface area contributed by atoms with Crippen molar-refractivity contribution in [3.8, 4) is 11.1 Å². The van der Waals surface area contributed by atoms with Crippen LogP contribution in [-0.4, -0.2) is 14.8 Å². The van der Waals surface area contributed by atoms with Gasteiger partial charge >= 0.3 is 0 Å². The molecule has 0 N–H and O–H groups in total. The number of rotatable bonds is 2. The van der Waals surface area contributed by atoms with Crippen molar-refractivity contribution < 1.29 is 0 Å². The Hall–Kier alpha value is -3.82. The average molecular weight is 463 g/mol. The van der Waals surface area contributed by atoms with Crippen LogP contribution in [0.2, 0.25) is 13.1 Å². The molecule has 0 bridgehead atoms. The maximum Gasteiger partial charge on any atom is 0.246 e. The topological polar surface area (TPSA) is 3.24 Å². The summed E-state index contributed by atoms with van der Waals surface area (Å²) in [6, 6.07) is 44.9. The molecule has 1 nitrogen and oxygen atoms in total. The minimum absolute atomic E-state index is 0.247. The smallest absolute Gasteiger partial charge is 0.246 e. The van der Waals surface area contributed by atoms with Gasteiger partial charge in [0.25, 0.3) is 0 Å². The van der Waals surface area contributed by atoms with Crippen LogP contribution in [0.1, 0.15) is 0 Å². The zero-order valence-electron chi connectivity index (χ0n) is 20.1. The van der Waals surface area contributed by atoms with E-state index in [2.05, 4.69) is 139 Å². The Bertz CT molecular complexity index is 1580. The molecular weight excluding hydrogens is 437 g/mol. The number of anilines is 3. The van der Waals surface area contributed by atoms with Crippen LogP contribution in [0.4, 0.5) is 17.1 Å². The molecule has 0 aromatic heterocycles. The first-order valence-electron chi connectivity index (χ1n) is 12.4. The molecule has 2 aliphatic rings. The van der Waals surface area contributed by atoms with Crippen molar-refractivity contribution >= 4 is 58.6 Å². The standard InChI is InChI=1S/C32H26BNSi/c1-35(2)30-18-10-9-16-26(30)33-27-22-24(23-12-5-3-6-13-23)20-21-28(27)34(25-14-7-4-8-15-25)29-17-11-19-31(35)32(29)33/h3-22H,1-2H3. The number of para-hydroxylation sites is 1. The molecule has 5 aromatic carbocycles. The number of benzene rings is 5. The number of nitrogens with zero attached hydrogens (tertiary/aromatic N) is 1. The quantitative estimate of drug-likeness (QED) is 0.334. The Kier molecular flexibility index (Phi) is 4.46. The van der Waals surface area contributed by atoms with Crippen molar-refractivity contribution in [2.75, 3.05) is 4.90 Å². The summed E-state index contributed by atoms with van der Waals surface area (Å²) in [4.78, 5) is 2.48. The SMILES string of the molecule is C[Si]1(C)c2ccccc2B2c3cc(-c4ccccc4)ccc3N(c3ccccc3)c3cccc1c32. The minimum Gasteiger partial charge on any atom is -0.312 e. The van der Waals surface area contributed by atoms with E-state index in [1.165, 1.54) is 44.6 Å². The van der Waals surface area contributed by atoms with E-state index < -0.39 is 8.07 Å². The molecule has 0 radical (unpaired) electrons. The highest BCUT2D eigenvalue weighted by Gasteiger charge is 2.46. The van der Waals surface area contributed by atoms with Crippen LogP contribution >= 0.6 is 0 Å². The van der Waals surface area contributed by atoms with Gasteiger partial charge in [0.2, 0.25) is 6.71 Å². The van der Waals surface area contributed by atoms with E-state index in [0.29, 0.717) is 0 Å². The minimum atomic E-state index is -1.84. The summed E-state index contributed by atoms with van der Waals surface area (Å²) in [6.45, 7) is 5.28. The van der Waals surface area contributed by atoms with Crippen LogP contribution < -0.4 is 31.7 Å². The number of hydrogen-bond acceptors (Lipinski definition) is 1. The Morgan fingerprint density at radius 3 is 2.03 bits per heavy atom. The van der Waals surface area contributed by atoms with Gasteiger partial charge in [-0.2, -0.15) is 0 Å². The van der Waals surface area contributed by atoms with Crippen molar-refractivity contribution in [3.63, 3.8) is 0 Å². The van der Waals surface area contributed by atoms with Crippen molar-refractivity contribution in [1.29, 1.82) is 0 Å². The van der Waals surface area contributed by atoms with Gasteiger partial charge in [-0.1, -0.05) is 126 Å². The summed E-state index contributed by atoms with van der Waals surface area (Å²) < 4.78 is 0. The molecule has 0 saturated heterocycles. The Labute approximate surface area is 208 Å². The van der Waals surface area contributed by atoms with Gasteiger partial charge in [0, 0.05) is 17.1 Å². The predicted molar refractivity (Wildman–Crippen MR) is 154 cm³/mol. The average Bonchev–Trinajstić information content (AvgIpc) is 2.91. The second-order valence-electron chi connectivity index (χ2n) is 10.2. The maximum atomic E-state index is 2.51. The first-order valence-corrected chi connectivity index (χ1v) is 15.4. The molecule has 3 heteroatoms. The molecule has 35 heavy (non-hydrogen) atoms. The third-order valence-electron chi connectivity index (χ3n) is 7.93. The molecule has 2 heterocycles. The van der Waals surface area contributed by atoms with E-state index in [0.717, 1.165) is 0 Å². The summed E-state index contributed by atoms with van der Waals surface area (Å²) in [7, 11) is -1.84. The predicted octanol–water partition coefficient (Wildman–Crippen LogP) is 4.79. The summed E-state index contributed by atoms with van der Waals surface area (Å²) in [5, 5.41) is 3.13. The lowest BCUT2D eigenvalue weighted by Crippen LogP contribution is -2.78. The molecule has 0 saturated carbocycles. The number of hydrogen-bond donors (Lipinski definition) is 0. The molecule has 7 rings (SSSR count). The van der Waals surface area contributed by atoms with Crippen LogP contribution in [-0.2, 0) is 0 Å². The zero-order valence-corrected chi connectivity index (χ0v) is 21.1. The summed E-state index contributed by atoms with van der Waals surface area (Å²) in [5.74, 6) is 0. The second kappa shape index (κ2) is 7.59. The summed E-state index contributed by atoms with van der Waals surface area (Å²) >= 11 is 0. The van der Waals surface area contributed by atoms with Crippen LogP contribution in [0.3, 0.4) is 0 Å². The largest absolute Gasteiger partial charge is 0.312 e. The zero-order chi connectivity index (χ0) is 23.6. The third kappa shape index (κ3) is 2.95. The lowest BCUT2D eigenvalue weighted by atomic mass is 9.34. The van der Waals surface area contributed by atoms with E-state index in [-0.39, 0.29) is 6.71 Å². The van der Waals surface area contributed by atoms with Crippen molar-refractivity contribution in [1.82, 2.24) is 0 Å². The third-order valence-corrected chi connectivity index (χ3v) is 11.5. The molecule has 0 fully saturated rings. The molecule has 0 atom stereocenters. The molecule has 5 aromatic rings. The van der Waals surface area contributed by atoms with Crippen molar-refractivity contribution in [2.45, 2.75) is 13.1 Å². The fourth-order valence-electron chi connectivity index (χ4n) is 6.32. The molecule has 2 aliphatic heterocycles. The Morgan fingerprint density at radius 1 is 0.543 bits per heavy atom. The van der Waals surface area contributed by atoms with Gasteiger partial charge in [-0.3, -0.25) is 0 Å². The van der Waals surface area contributed by atoms with Crippen molar-refractivity contribution in [2.24, 2.45) is 0 Å². The molecule has 0 spiro atoms. The van der Waals surface area contributed by atoms with Crippen LogP contribution in [0.25, 0.3) is 11.1 Å². The fraction of sp³-hybridized carbons (Fsp3) is 0.0625. The molecular formula is C32H26BNSi. The van der Waals surface area contributed by atoms with Crippen molar-refractivity contribution in [3.05, 3.63) is 121 Å². The van der Waals surface area contributed by atoms with E-state index in [4.69, 9.17) is 0 Å². The lowest BCUT2D eigenvalue weighted by Gasteiger charge is -2.44. The van der Waals surface area contributed by atoms with Crippen LogP contribution in [0.15, 0.2) is 121 Å². The molecule has 0 amide bonds. The van der Waals surface area contributed by atoms with Gasteiger partial charge in [0.1, 0.15) is 8.07 Å². The molecule has 0 unspecified atom stereocenters. The highest BCUT2D eigenvalue weighted by molar-refractivity contribution is 7.15. The number of fused-ring (bicyclic) bond motifs is 4. The van der Waals surface area contributed by atoms with E-state index >= 15 is 0 Å². The normalized spacial score (nSPS) is 14.7. The Balaban J connectivity index is 1.58. The van der Waals surface area contributed by atoms with Gasteiger partial charge in [-0.05, 0) is 46.3 Å². The first kappa shape index (κ1) is 20.5. The van der Waals surface area contributed by atoms with E-state index in [1.54, 1.807) is 10.4 Å². The molecule has 0 aliphatic carbocycles. The van der Waals surface area contributed by atoms with Crippen LogP contribution in [0.5, 0.6) is 0 Å². The highest BCUT2D eigenvalue weighted by atomic mass is 28.3. The second-order valence-corrected chi connectivity index (χ2v) is 14.5. The fourth-order valence-corrected chi connectivity index (χ4v) is 9.53. The highest BCUT2D eigenvalue weighted by Crippen LogP contribution is 2.37. The van der Waals surface area contributed by atoms with Gasteiger partial charge < -0.3 is 4.90 Å².